The highest BCUT2D eigenvalue weighted by Gasteiger charge is 2.59. The summed E-state index contributed by atoms with van der Waals surface area (Å²) in [6.07, 6.45) is 0. The Hall–Kier alpha value is -3.02. The Kier molecular flexibility index (Phi) is 3.82. The lowest BCUT2D eigenvalue weighted by Gasteiger charge is -2.30. The van der Waals surface area contributed by atoms with Crippen LogP contribution in [0.4, 0.5) is 11.4 Å². The van der Waals surface area contributed by atoms with E-state index in [0.717, 1.165) is 5.56 Å². The molecule has 2 heterocycles. The van der Waals surface area contributed by atoms with E-state index in [0.29, 0.717) is 32.9 Å². The molecule has 2 aliphatic rings. The van der Waals surface area contributed by atoms with Crippen molar-refractivity contribution in [2.75, 3.05) is 10.3 Å². The number of ether oxygens (including phenoxy) is 1. The molecule has 1 atom stereocenters. The fourth-order valence-electron chi connectivity index (χ4n) is 3.45. The molecule has 1 N–H and O–H groups in total. The maximum Gasteiger partial charge on any atom is 0.311 e. The first-order chi connectivity index (χ1) is 13.6. The molecule has 2 aliphatic heterocycles. The van der Waals surface area contributed by atoms with Crippen LogP contribution in [0.25, 0.3) is 0 Å². The number of carbonyl (C=O) groups excluding carboxylic acids is 1. The van der Waals surface area contributed by atoms with Crippen molar-refractivity contribution in [1.82, 2.24) is 0 Å². The van der Waals surface area contributed by atoms with Crippen molar-refractivity contribution in [3.8, 4) is 0 Å². The van der Waals surface area contributed by atoms with Crippen molar-refractivity contribution < 1.29 is 9.53 Å². The quantitative estimate of drug-likeness (QED) is 0.647. The zero-order chi connectivity index (χ0) is 19.3. The summed E-state index contributed by atoms with van der Waals surface area (Å²) in [5, 5.41) is 10.1. The second-order valence-electron chi connectivity index (χ2n) is 6.42. The minimum atomic E-state index is -1.49. The standard InChI is InChI=1S/C21H13Cl2N3O2/c22-14-9-11-15(12-10-14)26-21(28-19(25-26)13-5-2-1-3-6-13)16-7-4-8-17(23)18(16)24-20(21)27/h1-12H,(H,24,27). The van der Waals surface area contributed by atoms with E-state index in [4.69, 9.17) is 27.9 Å². The van der Waals surface area contributed by atoms with Gasteiger partial charge in [-0.25, -0.2) is 5.01 Å². The number of para-hydroxylation sites is 1. The van der Waals surface area contributed by atoms with Gasteiger partial charge in [0, 0.05) is 10.6 Å². The highest BCUT2D eigenvalue weighted by Crippen LogP contribution is 2.49. The maximum atomic E-state index is 13.2. The van der Waals surface area contributed by atoms with Crippen LogP contribution in [-0.2, 0) is 15.3 Å². The number of nitrogens with zero attached hydrogens (tertiary/aromatic N) is 2. The van der Waals surface area contributed by atoms with Crippen molar-refractivity contribution in [3.05, 3.63) is 94.0 Å². The number of benzene rings is 3. The third kappa shape index (κ3) is 2.40. The molecule has 3 aromatic carbocycles. The normalized spacial score (nSPS) is 20.0. The summed E-state index contributed by atoms with van der Waals surface area (Å²) in [5.74, 6) is -0.0150. The van der Waals surface area contributed by atoms with Crippen LogP contribution < -0.4 is 10.3 Å². The molecule has 1 spiro atoms. The van der Waals surface area contributed by atoms with Gasteiger partial charge in [-0.15, -0.1) is 5.10 Å². The van der Waals surface area contributed by atoms with Gasteiger partial charge in [0.15, 0.2) is 0 Å². The average Bonchev–Trinajstić information content (AvgIpc) is 3.25. The number of carbonyl (C=O) groups is 1. The van der Waals surface area contributed by atoms with Crippen LogP contribution in [0, 0.1) is 0 Å². The zero-order valence-corrected chi connectivity index (χ0v) is 15.9. The zero-order valence-electron chi connectivity index (χ0n) is 14.4. The number of rotatable bonds is 2. The number of hydrazone groups is 1. The maximum absolute atomic E-state index is 13.2. The Morgan fingerprint density at radius 3 is 2.43 bits per heavy atom. The third-order valence-electron chi connectivity index (χ3n) is 4.75. The number of halogens is 2. The van der Waals surface area contributed by atoms with Crippen molar-refractivity contribution >= 4 is 46.4 Å². The Bertz CT molecular complexity index is 1120. The molecule has 1 unspecified atom stereocenters. The summed E-state index contributed by atoms with van der Waals surface area (Å²) in [5.41, 5.74) is 1.08. The molecule has 0 fully saturated rings. The number of hydrogen-bond donors (Lipinski definition) is 1. The van der Waals surface area contributed by atoms with Gasteiger partial charge >= 0.3 is 5.72 Å². The van der Waals surface area contributed by atoms with E-state index >= 15 is 0 Å². The molecule has 5 nitrogen and oxygen atoms in total. The Morgan fingerprint density at radius 1 is 0.929 bits per heavy atom. The molecule has 0 aliphatic carbocycles. The van der Waals surface area contributed by atoms with Crippen LogP contribution in [-0.4, -0.2) is 11.8 Å². The number of hydrogen-bond acceptors (Lipinski definition) is 4. The summed E-state index contributed by atoms with van der Waals surface area (Å²) in [6.45, 7) is 0. The summed E-state index contributed by atoms with van der Waals surface area (Å²) in [6, 6.07) is 21.8. The fraction of sp³-hybridized carbons (Fsp3) is 0.0476. The van der Waals surface area contributed by atoms with Crippen LogP contribution in [0.5, 0.6) is 0 Å². The molecule has 0 radical (unpaired) electrons. The predicted octanol–water partition coefficient (Wildman–Crippen LogP) is 5.00. The van der Waals surface area contributed by atoms with Crippen LogP contribution in [0.3, 0.4) is 0 Å². The fourth-order valence-corrected chi connectivity index (χ4v) is 3.80. The summed E-state index contributed by atoms with van der Waals surface area (Å²) >= 11 is 12.4. The van der Waals surface area contributed by atoms with Gasteiger partial charge in [-0.3, -0.25) is 4.79 Å². The van der Waals surface area contributed by atoms with E-state index in [2.05, 4.69) is 10.4 Å². The van der Waals surface area contributed by atoms with E-state index in [-0.39, 0.29) is 5.91 Å². The molecular formula is C21H13Cl2N3O2. The molecule has 138 valence electrons. The molecule has 0 saturated carbocycles. The molecule has 0 bridgehead atoms. The minimum Gasteiger partial charge on any atom is -0.433 e. The Labute approximate surface area is 171 Å². The van der Waals surface area contributed by atoms with Gasteiger partial charge in [0.25, 0.3) is 5.91 Å². The smallest absolute Gasteiger partial charge is 0.311 e. The second-order valence-corrected chi connectivity index (χ2v) is 7.27. The van der Waals surface area contributed by atoms with Crippen LogP contribution in [0.1, 0.15) is 11.1 Å². The first kappa shape index (κ1) is 17.1. The van der Waals surface area contributed by atoms with Crippen LogP contribution >= 0.6 is 23.2 Å². The topological polar surface area (TPSA) is 53.9 Å². The average molecular weight is 410 g/mol. The van der Waals surface area contributed by atoms with Crippen molar-refractivity contribution in [1.29, 1.82) is 0 Å². The molecule has 0 aromatic heterocycles. The first-order valence-electron chi connectivity index (χ1n) is 8.59. The van der Waals surface area contributed by atoms with Crippen LogP contribution in [0.2, 0.25) is 10.0 Å². The number of fused-ring (bicyclic) bond motifs is 2. The second kappa shape index (κ2) is 6.26. The van der Waals surface area contributed by atoms with Gasteiger partial charge in [-0.2, -0.15) is 0 Å². The molecular weight excluding hydrogens is 397 g/mol. The summed E-state index contributed by atoms with van der Waals surface area (Å²) in [4.78, 5) is 13.2. The third-order valence-corrected chi connectivity index (χ3v) is 5.32. The molecule has 5 rings (SSSR count). The van der Waals surface area contributed by atoms with Gasteiger partial charge in [0.1, 0.15) is 0 Å². The lowest BCUT2D eigenvalue weighted by atomic mass is 10.0. The van der Waals surface area contributed by atoms with E-state index < -0.39 is 5.72 Å². The van der Waals surface area contributed by atoms with Gasteiger partial charge in [-0.1, -0.05) is 53.5 Å². The molecule has 28 heavy (non-hydrogen) atoms. The molecule has 7 heteroatoms. The van der Waals surface area contributed by atoms with Gasteiger partial charge < -0.3 is 10.1 Å². The van der Waals surface area contributed by atoms with Crippen LogP contribution in [0.15, 0.2) is 77.9 Å². The Morgan fingerprint density at radius 2 is 1.68 bits per heavy atom. The molecule has 3 aromatic rings. The molecule has 1 amide bonds. The number of amides is 1. The largest absolute Gasteiger partial charge is 0.433 e. The van der Waals surface area contributed by atoms with Gasteiger partial charge in [0.05, 0.1) is 22.0 Å². The highest BCUT2D eigenvalue weighted by molar-refractivity contribution is 6.35. The van der Waals surface area contributed by atoms with Gasteiger partial charge in [0.2, 0.25) is 5.90 Å². The molecule has 0 saturated heterocycles. The number of anilines is 2. The van der Waals surface area contributed by atoms with Crippen molar-refractivity contribution in [3.63, 3.8) is 0 Å². The monoisotopic (exact) mass is 409 g/mol. The lowest BCUT2D eigenvalue weighted by molar-refractivity contribution is -0.130. The minimum absolute atomic E-state index is 0.346. The Balaban J connectivity index is 1.72. The SMILES string of the molecule is O=C1Nc2c(Cl)cccc2C12OC(c1ccccc1)=NN2c1ccc(Cl)cc1. The predicted molar refractivity (Wildman–Crippen MR) is 110 cm³/mol. The van der Waals surface area contributed by atoms with E-state index in [1.54, 1.807) is 41.4 Å². The van der Waals surface area contributed by atoms with E-state index in [1.807, 2.05) is 36.4 Å². The van der Waals surface area contributed by atoms with E-state index in [1.165, 1.54) is 0 Å². The highest BCUT2D eigenvalue weighted by atomic mass is 35.5. The number of nitrogens with one attached hydrogen (secondary N) is 1. The van der Waals surface area contributed by atoms with Crippen molar-refractivity contribution in [2.24, 2.45) is 5.10 Å². The van der Waals surface area contributed by atoms with Crippen molar-refractivity contribution in [2.45, 2.75) is 5.72 Å². The summed E-state index contributed by atoms with van der Waals surface area (Å²) < 4.78 is 6.26. The first-order valence-corrected chi connectivity index (χ1v) is 9.34. The van der Waals surface area contributed by atoms with Gasteiger partial charge in [-0.05, 0) is 42.5 Å². The summed E-state index contributed by atoms with van der Waals surface area (Å²) in [7, 11) is 0. The lowest BCUT2D eigenvalue weighted by Crippen LogP contribution is -2.47. The van der Waals surface area contributed by atoms with E-state index in [9.17, 15) is 4.79 Å².